The number of fused-ring (bicyclic) bond motifs is 1. The zero-order valence-electron chi connectivity index (χ0n) is 12.9. The fourth-order valence-electron chi connectivity index (χ4n) is 2.78. The predicted molar refractivity (Wildman–Crippen MR) is 77.7 cm³/mol. The molecular formula is C15H16F3N3O3. The quantitative estimate of drug-likeness (QED) is 0.853. The van der Waals surface area contributed by atoms with Gasteiger partial charge in [-0.2, -0.15) is 13.2 Å². The van der Waals surface area contributed by atoms with Gasteiger partial charge in [-0.15, -0.1) is 0 Å². The molecular weight excluding hydrogens is 327 g/mol. The highest BCUT2D eigenvalue weighted by atomic mass is 19.4. The third kappa shape index (κ3) is 2.96. The zero-order chi connectivity index (χ0) is 17.3. The summed E-state index contributed by atoms with van der Waals surface area (Å²) in [5.74, 6) is -1.67. The first kappa shape index (κ1) is 16.7. The van der Waals surface area contributed by atoms with Gasteiger partial charge in [0.15, 0.2) is 5.69 Å². The number of methoxy groups -OCH3 is 1. The van der Waals surface area contributed by atoms with Crippen LogP contribution in [-0.2, 0) is 15.7 Å². The molecule has 0 saturated carbocycles. The van der Waals surface area contributed by atoms with Gasteiger partial charge in [0.05, 0.1) is 31.4 Å². The van der Waals surface area contributed by atoms with Crippen LogP contribution in [0.5, 0.6) is 0 Å². The molecule has 0 spiro atoms. The van der Waals surface area contributed by atoms with Crippen molar-refractivity contribution in [1.29, 1.82) is 0 Å². The number of hydrogen-bond donors (Lipinski definition) is 0. The van der Waals surface area contributed by atoms with Crippen LogP contribution in [0.25, 0.3) is 5.52 Å². The lowest BCUT2D eigenvalue weighted by atomic mass is 10.2. The summed E-state index contributed by atoms with van der Waals surface area (Å²) in [6.07, 6.45) is -3.41. The maximum Gasteiger partial charge on any atom is 0.450 e. The van der Waals surface area contributed by atoms with Crippen molar-refractivity contribution in [2.75, 3.05) is 33.5 Å². The molecule has 0 bridgehead atoms. The normalized spacial score (nSPS) is 19.0. The van der Waals surface area contributed by atoms with Crippen molar-refractivity contribution < 1.29 is 27.4 Å². The van der Waals surface area contributed by atoms with Gasteiger partial charge in [0.25, 0.3) is 5.91 Å². The lowest BCUT2D eigenvalue weighted by molar-refractivity contribution is -0.145. The summed E-state index contributed by atoms with van der Waals surface area (Å²) >= 11 is 0. The van der Waals surface area contributed by atoms with Gasteiger partial charge in [0.1, 0.15) is 0 Å². The molecule has 0 N–H and O–H groups in total. The van der Waals surface area contributed by atoms with Crippen LogP contribution in [0.4, 0.5) is 13.2 Å². The number of morpholine rings is 1. The van der Waals surface area contributed by atoms with Crippen LogP contribution in [0.3, 0.4) is 0 Å². The van der Waals surface area contributed by atoms with Gasteiger partial charge in [-0.1, -0.05) is 6.07 Å². The van der Waals surface area contributed by atoms with Gasteiger partial charge in [-0.05, 0) is 12.1 Å². The Morgan fingerprint density at radius 1 is 1.46 bits per heavy atom. The smallest absolute Gasteiger partial charge is 0.382 e. The maximum absolute atomic E-state index is 13.2. The Labute approximate surface area is 135 Å². The number of alkyl halides is 3. The summed E-state index contributed by atoms with van der Waals surface area (Å²) in [4.78, 5) is 17.9. The standard InChI is InChI=1S/C15H16F3N3O3/c1-23-8-10-9-24-7-6-20(10)13(22)12-11-4-2-3-5-21(11)14(19-12)15(16,17)18/h2-5,10H,6-9H2,1H3. The maximum atomic E-state index is 13.2. The molecule has 1 unspecified atom stereocenters. The second-order valence-electron chi connectivity index (χ2n) is 5.42. The minimum Gasteiger partial charge on any atom is -0.382 e. The van der Waals surface area contributed by atoms with Crippen LogP contribution in [0.15, 0.2) is 24.4 Å². The Morgan fingerprint density at radius 3 is 2.96 bits per heavy atom. The van der Waals surface area contributed by atoms with E-state index >= 15 is 0 Å². The molecule has 3 rings (SSSR count). The summed E-state index contributed by atoms with van der Waals surface area (Å²) < 4.78 is 50.8. The second kappa shape index (κ2) is 6.40. The number of aromatic nitrogens is 2. The molecule has 24 heavy (non-hydrogen) atoms. The number of nitrogens with zero attached hydrogens (tertiary/aromatic N) is 3. The summed E-state index contributed by atoms with van der Waals surface area (Å²) in [6.45, 7) is 1.12. The Hall–Kier alpha value is -2.13. The van der Waals surface area contributed by atoms with Crippen LogP contribution < -0.4 is 0 Å². The van der Waals surface area contributed by atoms with E-state index in [0.717, 1.165) is 4.40 Å². The van der Waals surface area contributed by atoms with E-state index in [1.807, 2.05) is 0 Å². The average molecular weight is 343 g/mol. The average Bonchev–Trinajstić information content (AvgIpc) is 2.95. The second-order valence-corrected chi connectivity index (χ2v) is 5.42. The molecule has 2 aromatic heterocycles. The summed E-state index contributed by atoms with van der Waals surface area (Å²) in [5, 5.41) is 0. The molecule has 1 fully saturated rings. The van der Waals surface area contributed by atoms with Crippen molar-refractivity contribution in [2.24, 2.45) is 0 Å². The number of carbonyl (C=O) groups is 1. The number of pyridine rings is 1. The molecule has 1 aliphatic heterocycles. The van der Waals surface area contributed by atoms with Gasteiger partial charge in [0, 0.05) is 19.9 Å². The molecule has 0 radical (unpaired) electrons. The SMILES string of the molecule is COCC1COCCN1C(=O)c1nc(C(F)(F)F)n2ccccc12. The monoisotopic (exact) mass is 343 g/mol. The number of hydrogen-bond acceptors (Lipinski definition) is 4. The number of carbonyl (C=O) groups excluding carboxylic acids is 1. The van der Waals surface area contributed by atoms with E-state index in [-0.39, 0.29) is 37.0 Å². The van der Waals surface area contributed by atoms with Crippen LogP contribution in [-0.4, -0.2) is 59.7 Å². The predicted octanol–water partition coefficient (Wildman–Crippen LogP) is 1.84. The minimum atomic E-state index is -4.65. The van der Waals surface area contributed by atoms with E-state index < -0.39 is 17.9 Å². The highest BCUT2D eigenvalue weighted by Gasteiger charge is 2.39. The number of halogens is 3. The topological polar surface area (TPSA) is 56.1 Å². The van der Waals surface area contributed by atoms with Crippen molar-refractivity contribution >= 4 is 11.4 Å². The van der Waals surface area contributed by atoms with E-state index in [4.69, 9.17) is 9.47 Å². The summed E-state index contributed by atoms with van der Waals surface area (Å²) in [7, 11) is 1.49. The van der Waals surface area contributed by atoms with Gasteiger partial charge in [-0.3, -0.25) is 9.20 Å². The van der Waals surface area contributed by atoms with E-state index in [0.29, 0.717) is 6.61 Å². The Bertz CT molecular complexity index is 742. The first-order valence-electron chi connectivity index (χ1n) is 7.35. The third-order valence-corrected chi connectivity index (χ3v) is 3.85. The number of amides is 1. The molecule has 2 aromatic rings. The van der Waals surface area contributed by atoms with Gasteiger partial charge in [-0.25, -0.2) is 4.98 Å². The first-order valence-corrected chi connectivity index (χ1v) is 7.35. The zero-order valence-corrected chi connectivity index (χ0v) is 12.9. The lowest BCUT2D eigenvalue weighted by Gasteiger charge is -2.34. The Kier molecular flexibility index (Phi) is 4.46. The molecule has 1 atom stereocenters. The first-order chi connectivity index (χ1) is 11.4. The summed E-state index contributed by atoms with van der Waals surface area (Å²) in [5.41, 5.74) is -0.0941. The van der Waals surface area contributed by atoms with Crippen molar-refractivity contribution in [2.45, 2.75) is 12.2 Å². The number of imidazole rings is 1. The van der Waals surface area contributed by atoms with Crippen LogP contribution >= 0.6 is 0 Å². The fourth-order valence-corrected chi connectivity index (χ4v) is 2.78. The van der Waals surface area contributed by atoms with Gasteiger partial charge >= 0.3 is 6.18 Å². The largest absolute Gasteiger partial charge is 0.450 e. The molecule has 0 aromatic carbocycles. The van der Waals surface area contributed by atoms with Crippen LogP contribution in [0.1, 0.15) is 16.3 Å². The Morgan fingerprint density at radius 2 is 2.25 bits per heavy atom. The van der Waals surface area contributed by atoms with E-state index in [1.165, 1.54) is 30.3 Å². The molecule has 6 nitrogen and oxygen atoms in total. The molecule has 1 aliphatic rings. The number of rotatable bonds is 3. The molecule has 1 amide bonds. The van der Waals surface area contributed by atoms with Crippen LogP contribution in [0.2, 0.25) is 0 Å². The van der Waals surface area contributed by atoms with Crippen molar-refractivity contribution in [1.82, 2.24) is 14.3 Å². The lowest BCUT2D eigenvalue weighted by Crippen LogP contribution is -2.50. The molecule has 3 heterocycles. The van der Waals surface area contributed by atoms with Crippen LogP contribution in [0, 0.1) is 0 Å². The van der Waals surface area contributed by atoms with Gasteiger partial charge < -0.3 is 14.4 Å². The highest BCUT2D eigenvalue weighted by molar-refractivity contribution is 5.99. The van der Waals surface area contributed by atoms with Crippen molar-refractivity contribution in [3.63, 3.8) is 0 Å². The highest BCUT2D eigenvalue weighted by Crippen LogP contribution is 2.30. The molecule has 130 valence electrons. The van der Waals surface area contributed by atoms with E-state index in [2.05, 4.69) is 4.98 Å². The van der Waals surface area contributed by atoms with Gasteiger partial charge in [0.2, 0.25) is 5.82 Å². The Balaban J connectivity index is 2.03. The molecule has 9 heteroatoms. The van der Waals surface area contributed by atoms with E-state index in [1.54, 1.807) is 6.07 Å². The third-order valence-electron chi connectivity index (χ3n) is 3.85. The minimum absolute atomic E-state index is 0.123. The molecule has 0 aliphatic carbocycles. The summed E-state index contributed by atoms with van der Waals surface area (Å²) in [6, 6.07) is 4.12. The van der Waals surface area contributed by atoms with Crippen molar-refractivity contribution in [3.8, 4) is 0 Å². The van der Waals surface area contributed by atoms with E-state index in [9.17, 15) is 18.0 Å². The number of ether oxygens (including phenoxy) is 2. The molecule has 1 saturated heterocycles. The fraction of sp³-hybridized carbons (Fsp3) is 0.467. The van der Waals surface area contributed by atoms with Crippen molar-refractivity contribution in [3.05, 3.63) is 35.9 Å².